The number of carbonyl (C=O) groups excluding carboxylic acids is 1. The zero-order valence-electron chi connectivity index (χ0n) is 14.1. The summed E-state index contributed by atoms with van der Waals surface area (Å²) >= 11 is 0. The van der Waals surface area contributed by atoms with Gasteiger partial charge in [0.15, 0.2) is 5.78 Å². The molecule has 0 bridgehead atoms. The Balaban J connectivity index is 1.61. The lowest BCUT2D eigenvalue weighted by Crippen LogP contribution is -2.13. The number of hydrogen-bond donors (Lipinski definition) is 1. The standard InChI is InChI=1S/C18H18FNO5S/c1-11-10-15(21)18-16(7-6-14(19)17(11)18)25-9-8-24-12-2-4-13(5-3-12)26(20,22)23/h2-7,11H,8-10H2,1H3,(H2,20,22,23). The molecule has 0 aliphatic heterocycles. The Kier molecular flexibility index (Phi) is 4.97. The molecule has 2 aromatic carbocycles. The number of hydrogen-bond acceptors (Lipinski definition) is 5. The third-order valence-corrected chi connectivity index (χ3v) is 5.11. The normalized spacial score (nSPS) is 16.4. The molecule has 1 atom stereocenters. The third-order valence-electron chi connectivity index (χ3n) is 4.18. The molecule has 1 aliphatic rings. The van der Waals surface area contributed by atoms with E-state index >= 15 is 0 Å². The van der Waals surface area contributed by atoms with Crippen molar-refractivity contribution >= 4 is 15.8 Å². The Morgan fingerprint density at radius 1 is 1.12 bits per heavy atom. The minimum absolute atomic E-state index is 0.00407. The second-order valence-electron chi connectivity index (χ2n) is 6.08. The maximum absolute atomic E-state index is 13.9. The fourth-order valence-corrected chi connectivity index (χ4v) is 3.50. The van der Waals surface area contributed by atoms with Crippen molar-refractivity contribution in [3.63, 3.8) is 0 Å². The number of ketones is 1. The Bertz CT molecular complexity index is 941. The highest BCUT2D eigenvalue weighted by atomic mass is 32.2. The Morgan fingerprint density at radius 3 is 2.42 bits per heavy atom. The van der Waals surface area contributed by atoms with E-state index < -0.39 is 15.8 Å². The highest BCUT2D eigenvalue weighted by Gasteiger charge is 2.32. The monoisotopic (exact) mass is 379 g/mol. The zero-order valence-corrected chi connectivity index (χ0v) is 14.9. The minimum atomic E-state index is -3.74. The highest BCUT2D eigenvalue weighted by molar-refractivity contribution is 7.89. The molecule has 0 saturated carbocycles. The van der Waals surface area contributed by atoms with Crippen molar-refractivity contribution in [2.45, 2.75) is 24.2 Å². The number of halogens is 1. The summed E-state index contributed by atoms with van der Waals surface area (Å²) in [6.07, 6.45) is 0.277. The van der Waals surface area contributed by atoms with E-state index in [1.807, 2.05) is 6.92 Å². The number of rotatable bonds is 6. The van der Waals surface area contributed by atoms with Crippen molar-refractivity contribution < 1.29 is 27.1 Å². The molecule has 26 heavy (non-hydrogen) atoms. The number of ether oxygens (including phenoxy) is 2. The van der Waals surface area contributed by atoms with E-state index in [4.69, 9.17) is 14.6 Å². The van der Waals surface area contributed by atoms with E-state index in [0.717, 1.165) is 0 Å². The molecule has 1 unspecified atom stereocenters. The lowest BCUT2D eigenvalue weighted by atomic mass is 10.0. The van der Waals surface area contributed by atoms with Gasteiger partial charge in [-0.25, -0.2) is 17.9 Å². The van der Waals surface area contributed by atoms with E-state index in [0.29, 0.717) is 22.6 Å². The van der Waals surface area contributed by atoms with Gasteiger partial charge in [0.05, 0.1) is 10.5 Å². The molecule has 0 aromatic heterocycles. The Hall–Kier alpha value is -2.45. The Morgan fingerprint density at radius 2 is 1.77 bits per heavy atom. The van der Waals surface area contributed by atoms with Gasteiger partial charge in [-0.1, -0.05) is 6.92 Å². The molecule has 6 nitrogen and oxygen atoms in total. The quantitative estimate of drug-likeness (QED) is 0.779. The predicted octanol–water partition coefficient (Wildman–Crippen LogP) is 2.62. The molecule has 0 radical (unpaired) electrons. The van der Waals surface area contributed by atoms with E-state index in [2.05, 4.69) is 0 Å². The Labute approximate surface area is 150 Å². The van der Waals surface area contributed by atoms with Crippen LogP contribution in [0.5, 0.6) is 11.5 Å². The SMILES string of the molecule is CC1CC(=O)c2c(OCCOc3ccc(S(N)(=O)=O)cc3)ccc(F)c21. The molecule has 0 amide bonds. The third kappa shape index (κ3) is 3.71. The van der Waals surface area contributed by atoms with E-state index in [1.54, 1.807) is 0 Å². The van der Waals surface area contributed by atoms with Crippen LogP contribution in [0.4, 0.5) is 4.39 Å². The molecular formula is C18H18FNO5S. The summed E-state index contributed by atoms with van der Waals surface area (Å²) in [4.78, 5) is 12.1. The van der Waals surface area contributed by atoms with E-state index in [-0.39, 0.29) is 36.2 Å². The van der Waals surface area contributed by atoms with E-state index in [9.17, 15) is 17.6 Å². The van der Waals surface area contributed by atoms with Crippen molar-refractivity contribution in [2.75, 3.05) is 13.2 Å². The van der Waals surface area contributed by atoms with Crippen LogP contribution < -0.4 is 14.6 Å². The maximum atomic E-state index is 13.9. The molecule has 3 rings (SSSR count). The summed E-state index contributed by atoms with van der Waals surface area (Å²) < 4.78 is 47.4. The molecule has 0 heterocycles. The summed E-state index contributed by atoms with van der Waals surface area (Å²) in [5.74, 6) is 0.131. The van der Waals surface area contributed by atoms with Crippen LogP contribution in [0.1, 0.15) is 35.2 Å². The minimum Gasteiger partial charge on any atom is -0.490 e. The first kappa shape index (κ1) is 18.3. The van der Waals surface area contributed by atoms with Gasteiger partial charge in [0.1, 0.15) is 30.5 Å². The van der Waals surface area contributed by atoms with Crippen molar-refractivity contribution in [2.24, 2.45) is 5.14 Å². The van der Waals surface area contributed by atoms with Gasteiger partial charge in [-0.05, 0) is 42.3 Å². The highest BCUT2D eigenvalue weighted by Crippen LogP contribution is 2.39. The average Bonchev–Trinajstić information content (AvgIpc) is 2.89. The summed E-state index contributed by atoms with van der Waals surface area (Å²) in [6.45, 7) is 2.13. The number of Topliss-reactive ketones (excluding diaryl/α,β-unsaturated/α-hetero) is 1. The maximum Gasteiger partial charge on any atom is 0.238 e. The van der Waals surface area contributed by atoms with Crippen LogP contribution in [0.15, 0.2) is 41.3 Å². The molecule has 0 fully saturated rings. The number of carbonyl (C=O) groups is 1. The van der Waals surface area contributed by atoms with Crippen molar-refractivity contribution in [1.29, 1.82) is 0 Å². The number of primary sulfonamides is 1. The fourth-order valence-electron chi connectivity index (χ4n) is 2.98. The van der Waals surface area contributed by atoms with Gasteiger partial charge in [0.25, 0.3) is 0 Å². The largest absolute Gasteiger partial charge is 0.490 e. The zero-order chi connectivity index (χ0) is 18.9. The molecule has 2 N–H and O–H groups in total. The van der Waals surface area contributed by atoms with Gasteiger partial charge < -0.3 is 9.47 Å². The summed E-state index contributed by atoms with van der Waals surface area (Å²) in [5.41, 5.74) is 0.724. The van der Waals surface area contributed by atoms with Crippen LogP contribution in [0, 0.1) is 5.82 Å². The molecule has 2 aromatic rings. The van der Waals surface area contributed by atoms with Crippen LogP contribution in [-0.2, 0) is 10.0 Å². The van der Waals surface area contributed by atoms with Gasteiger partial charge in [-0.3, -0.25) is 4.79 Å². The predicted molar refractivity (Wildman–Crippen MR) is 92.6 cm³/mol. The molecule has 138 valence electrons. The van der Waals surface area contributed by atoms with Crippen molar-refractivity contribution in [1.82, 2.24) is 0 Å². The van der Waals surface area contributed by atoms with Gasteiger partial charge >= 0.3 is 0 Å². The summed E-state index contributed by atoms with van der Waals surface area (Å²) in [7, 11) is -3.74. The van der Waals surface area contributed by atoms with Crippen molar-refractivity contribution in [3.05, 3.63) is 53.3 Å². The topological polar surface area (TPSA) is 95.7 Å². The molecule has 0 saturated heterocycles. The lowest BCUT2D eigenvalue weighted by molar-refractivity contribution is 0.0985. The van der Waals surface area contributed by atoms with Crippen LogP contribution in [0.2, 0.25) is 0 Å². The van der Waals surface area contributed by atoms with Gasteiger partial charge in [-0.15, -0.1) is 0 Å². The second-order valence-corrected chi connectivity index (χ2v) is 7.64. The first-order valence-electron chi connectivity index (χ1n) is 8.01. The van der Waals surface area contributed by atoms with Gasteiger partial charge in [0, 0.05) is 12.0 Å². The summed E-state index contributed by atoms with van der Waals surface area (Å²) in [5, 5.41) is 5.03. The molecular weight excluding hydrogens is 361 g/mol. The lowest BCUT2D eigenvalue weighted by Gasteiger charge is -2.12. The second kappa shape index (κ2) is 7.05. The summed E-state index contributed by atoms with van der Waals surface area (Å²) in [6, 6.07) is 8.42. The smallest absolute Gasteiger partial charge is 0.238 e. The number of benzene rings is 2. The van der Waals surface area contributed by atoms with Crippen LogP contribution in [0.25, 0.3) is 0 Å². The molecule has 0 spiro atoms. The average molecular weight is 379 g/mol. The van der Waals surface area contributed by atoms with Crippen LogP contribution in [-0.4, -0.2) is 27.4 Å². The number of nitrogens with two attached hydrogens (primary N) is 1. The first-order valence-corrected chi connectivity index (χ1v) is 9.56. The van der Waals surface area contributed by atoms with Crippen LogP contribution >= 0.6 is 0 Å². The van der Waals surface area contributed by atoms with Gasteiger partial charge in [0.2, 0.25) is 10.0 Å². The first-order chi connectivity index (χ1) is 12.3. The number of fused-ring (bicyclic) bond motifs is 1. The van der Waals surface area contributed by atoms with E-state index in [1.165, 1.54) is 36.4 Å². The molecule has 8 heteroatoms. The molecule has 1 aliphatic carbocycles. The van der Waals surface area contributed by atoms with Crippen molar-refractivity contribution in [3.8, 4) is 11.5 Å². The van der Waals surface area contributed by atoms with Gasteiger partial charge in [-0.2, -0.15) is 0 Å². The number of sulfonamides is 1. The van der Waals surface area contributed by atoms with Crippen LogP contribution in [0.3, 0.4) is 0 Å². The fraction of sp³-hybridized carbons (Fsp3) is 0.278.